The molecule has 2 heterocycles. The van der Waals surface area contributed by atoms with Gasteiger partial charge < -0.3 is 14.2 Å². The maximum atomic E-state index is 12.8. The van der Waals surface area contributed by atoms with Crippen molar-refractivity contribution >= 4 is 17.5 Å². The minimum absolute atomic E-state index is 0.0463. The largest absolute Gasteiger partial charge is 0.467 e. The van der Waals surface area contributed by atoms with E-state index in [1.807, 2.05) is 0 Å². The first-order valence-corrected chi connectivity index (χ1v) is 7.50. The highest BCUT2D eigenvalue weighted by Crippen LogP contribution is 2.36. The zero-order chi connectivity index (χ0) is 18.0. The molecule has 1 amide bonds. The Morgan fingerprint density at radius 3 is 2.64 bits per heavy atom. The van der Waals surface area contributed by atoms with Crippen LogP contribution < -0.4 is 5.32 Å². The number of amides is 1. The molecule has 0 spiro atoms. The quantitative estimate of drug-likeness (QED) is 0.692. The number of nitrogens with one attached hydrogen (secondary N) is 1. The van der Waals surface area contributed by atoms with E-state index in [-0.39, 0.29) is 28.7 Å². The molecule has 0 saturated heterocycles. The third-order valence-corrected chi connectivity index (χ3v) is 3.72. The average molecular weight is 370 g/mol. The van der Waals surface area contributed by atoms with Gasteiger partial charge in [0, 0.05) is 5.56 Å². The van der Waals surface area contributed by atoms with E-state index in [0.717, 1.165) is 18.2 Å². The van der Waals surface area contributed by atoms with Gasteiger partial charge in [0.05, 0.1) is 23.4 Å². The highest BCUT2D eigenvalue weighted by atomic mass is 35.5. The van der Waals surface area contributed by atoms with Gasteiger partial charge in [-0.3, -0.25) is 4.79 Å². The van der Waals surface area contributed by atoms with Gasteiger partial charge in [-0.05, 0) is 42.5 Å². The van der Waals surface area contributed by atoms with Crippen molar-refractivity contribution in [1.29, 1.82) is 0 Å². The third kappa shape index (κ3) is 3.88. The molecule has 3 rings (SSSR count). The van der Waals surface area contributed by atoms with Gasteiger partial charge in [-0.15, -0.1) is 0 Å². The molecule has 1 aromatic carbocycles. The molecule has 0 aliphatic carbocycles. The van der Waals surface area contributed by atoms with E-state index in [1.54, 1.807) is 12.1 Å². The number of benzene rings is 1. The fourth-order valence-electron chi connectivity index (χ4n) is 2.16. The molecule has 1 N–H and O–H groups in total. The van der Waals surface area contributed by atoms with Crippen LogP contribution in [-0.2, 0) is 12.7 Å². The zero-order valence-electron chi connectivity index (χ0n) is 12.6. The highest BCUT2D eigenvalue weighted by molar-refractivity contribution is 6.33. The molecule has 0 aliphatic heterocycles. The molecule has 2 aromatic heterocycles. The molecular weight excluding hydrogens is 359 g/mol. The summed E-state index contributed by atoms with van der Waals surface area (Å²) >= 11 is 5.96. The van der Waals surface area contributed by atoms with Crippen LogP contribution in [-0.4, -0.2) is 5.91 Å². The normalized spacial score (nSPS) is 11.5. The van der Waals surface area contributed by atoms with Gasteiger partial charge in [-0.2, -0.15) is 13.2 Å². The number of carbonyl (C=O) groups is 1. The fourth-order valence-corrected chi connectivity index (χ4v) is 2.37. The van der Waals surface area contributed by atoms with Gasteiger partial charge in [0.1, 0.15) is 11.5 Å². The SMILES string of the molecule is O=C(NCc1ccco1)c1ccc(-c2cc(C(F)(F)F)ccc2Cl)o1. The Bertz CT molecular complexity index is 885. The Hall–Kier alpha value is -2.67. The lowest BCUT2D eigenvalue weighted by Crippen LogP contribution is -2.21. The Labute approximate surface area is 145 Å². The highest BCUT2D eigenvalue weighted by Gasteiger charge is 2.31. The number of furan rings is 2. The van der Waals surface area contributed by atoms with Crippen LogP contribution in [0.3, 0.4) is 0 Å². The molecule has 3 aromatic rings. The maximum absolute atomic E-state index is 12.8. The number of alkyl halides is 3. The number of halogens is 4. The molecule has 0 saturated carbocycles. The van der Waals surface area contributed by atoms with Crippen LogP contribution in [0.2, 0.25) is 5.02 Å². The van der Waals surface area contributed by atoms with Crippen LogP contribution in [0.1, 0.15) is 21.9 Å². The summed E-state index contributed by atoms with van der Waals surface area (Å²) in [6.45, 7) is 0.159. The fraction of sp³-hybridized carbons (Fsp3) is 0.118. The molecule has 0 fully saturated rings. The van der Waals surface area contributed by atoms with E-state index in [0.29, 0.717) is 5.76 Å². The van der Waals surface area contributed by atoms with Crippen LogP contribution in [0, 0.1) is 0 Å². The summed E-state index contributed by atoms with van der Waals surface area (Å²) in [4.78, 5) is 12.0. The third-order valence-electron chi connectivity index (χ3n) is 3.39. The minimum atomic E-state index is -4.50. The second kappa shape index (κ2) is 6.68. The molecule has 0 atom stereocenters. The van der Waals surface area contributed by atoms with Gasteiger partial charge in [-0.1, -0.05) is 11.6 Å². The standard InChI is InChI=1S/C17H11ClF3NO3/c18-13-4-3-10(17(19,20)21)8-12(13)14-5-6-15(25-14)16(23)22-9-11-2-1-7-24-11/h1-8H,9H2,(H,22,23). The second-order valence-electron chi connectivity index (χ2n) is 5.12. The first-order valence-electron chi connectivity index (χ1n) is 7.12. The van der Waals surface area contributed by atoms with Gasteiger partial charge >= 0.3 is 6.18 Å². The molecule has 0 radical (unpaired) electrons. The predicted molar refractivity (Wildman–Crippen MR) is 84.0 cm³/mol. The van der Waals surface area contributed by atoms with E-state index in [2.05, 4.69) is 5.32 Å². The molecule has 0 unspecified atom stereocenters. The average Bonchev–Trinajstić information content (AvgIpc) is 3.23. The summed E-state index contributed by atoms with van der Waals surface area (Å²) in [7, 11) is 0. The zero-order valence-corrected chi connectivity index (χ0v) is 13.3. The molecule has 4 nitrogen and oxygen atoms in total. The summed E-state index contributed by atoms with van der Waals surface area (Å²) in [6.07, 6.45) is -3.03. The topological polar surface area (TPSA) is 55.4 Å². The van der Waals surface area contributed by atoms with Crippen molar-refractivity contribution in [1.82, 2.24) is 5.32 Å². The lowest BCUT2D eigenvalue weighted by Gasteiger charge is -2.09. The predicted octanol–water partition coefficient (Wildman–Crippen LogP) is 5.14. The van der Waals surface area contributed by atoms with Gasteiger partial charge in [0.15, 0.2) is 5.76 Å². The van der Waals surface area contributed by atoms with Crippen molar-refractivity contribution in [3.05, 3.63) is 70.8 Å². The van der Waals surface area contributed by atoms with Crippen molar-refractivity contribution in [2.24, 2.45) is 0 Å². The van der Waals surface area contributed by atoms with Crippen LogP contribution in [0.25, 0.3) is 11.3 Å². The summed E-state index contributed by atoms with van der Waals surface area (Å²) in [6, 6.07) is 9.03. The number of hydrogen-bond donors (Lipinski definition) is 1. The van der Waals surface area contributed by atoms with E-state index >= 15 is 0 Å². The van der Waals surface area contributed by atoms with Crippen LogP contribution in [0.4, 0.5) is 13.2 Å². The van der Waals surface area contributed by atoms with Crippen molar-refractivity contribution in [2.45, 2.75) is 12.7 Å². The Morgan fingerprint density at radius 1 is 1.16 bits per heavy atom. The lowest BCUT2D eigenvalue weighted by molar-refractivity contribution is -0.137. The number of hydrogen-bond acceptors (Lipinski definition) is 3. The van der Waals surface area contributed by atoms with Crippen molar-refractivity contribution < 1.29 is 26.8 Å². The Kier molecular flexibility index (Phi) is 4.59. The number of rotatable bonds is 4. The molecule has 8 heteroatoms. The van der Waals surface area contributed by atoms with E-state index in [1.165, 1.54) is 18.4 Å². The van der Waals surface area contributed by atoms with Gasteiger partial charge in [0.25, 0.3) is 5.91 Å². The van der Waals surface area contributed by atoms with Crippen molar-refractivity contribution in [3.63, 3.8) is 0 Å². The summed E-state index contributed by atoms with van der Waals surface area (Å²) in [5.41, 5.74) is -0.798. The summed E-state index contributed by atoms with van der Waals surface area (Å²) in [5, 5.41) is 2.66. The molecule has 0 aliphatic rings. The Morgan fingerprint density at radius 2 is 1.96 bits per heavy atom. The van der Waals surface area contributed by atoms with Crippen molar-refractivity contribution in [2.75, 3.05) is 0 Å². The van der Waals surface area contributed by atoms with E-state index < -0.39 is 17.6 Å². The molecule has 0 bridgehead atoms. The lowest BCUT2D eigenvalue weighted by atomic mass is 10.1. The summed E-state index contributed by atoms with van der Waals surface area (Å²) in [5.74, 6) is 0.0566. The first-order chi connectivity index (χ1) is 11.8. The van der Waals surface area contributed by atoms with Crippen molar-refractivity contribution in [3.8, 4) is 11.3 Å². The maximum Gasteiger partial charge on any atom is 0.416 e. The number of carbonyl (C=O) groups excluding carboxylic acids is 1. The second-order valence-corrected chi connectivity index (χ2v) is 5.53. The Balaban J connectivity index is 1.80. The smallest absolute Gasteiger partial charge is 0.416 e. The molecule has 130 valence electrons. The van der Waals surface area contributed by atoms with Crippen LogP contribution >= 0.6 is 11.6 Å². The van der Waals surface area contributed by atoms with Gasteiger partial charge in [0.2, 0.25) is 0 Å². The van der Waals surface area contributed by atoms with E-state index in [4.69, 9.17) is 20.4 Å². The van der Waals surface area contributed by atoms with Gasteiger partial charge in [-0.25, -0.2) is 0 Å². The molecule has 25 heavy (non-hydrogen) atoms. The monoisotopic (exact) mass is 369 g/mol. The minimum Gasteiger partial charge on any atom is -0.467 e. The van der Waals surface area contributed by atoms with E-state index in [9.17, 15) is 18.0 Å². The molecular formula is C17H11ClF3NO3. The van der Waals surface area contributed by atoms with Crippen LogP contribution in [0.15, 0.2) is 57.6 Å². The van der Waals surface area contributed by atoms with Crippen LogP contribution in [0.5, 0.6) is 0 Å². The summed E-state index contributed by atoms with van der Waals surface area (Å²) < 4.78 is 49.0. The first kappa shape index (κ1) is 17.2.